The van der Waals surface area contributed by atoms with Crippen LogP contribution in [0.15, 0.2) is 48.7 Å². The molecule has 0 atom stereocenters. The number of hydrogen-bond donors (Lipinski definition) is 2. The minimum atomic E-state index is -0.374. The third kappa shape index (κ3) is 5.66. The molecule has 0 aliphatic carbocycles. The summed E-state index contributed by atoms with van der Waals surface area (Å²) in [6.07, 6.45) is 1.58. The van der Waals surface area contributed by atoms with Crippen LogP contribution in [0, 0.1) is 0 Å². The lowest BCUT2D eigenvalue weighted by Crippen LogP contribution is -2.20. The monoisotopic (exact) mass is 447 g/mol. The van der Waals surface area contributed by atoms with E-state index in [4.69, 9.17) is 27.9 Å². The first kappa shape index (κ1) is 22.0. The van der Waals surface area contributed by atoms with Crippen LogP contribution in [0.1, 0.15) is 0 Å². The average molecular weight is 448 g/mol. The zero-order chi connectivity index (χ0) is 21.7. The van der Waals surface area contributed by atoms with E-state index in [-0.39, 0.29) is 6.03 Å². The van der Waals surface area contributed by atoms with Crippen LogP contribution in [0.5, 0.6) is 5.75 Å². The number of amides is 2. The van der Waals surface area contributed by atoms with E-state index < -0.39 is 0 Å². The predicted molar refractivity (Wildman–Crippen MR) is 122 cm³/mol. The fourth-order valence-corrected chi connectivity index (χ4v) is 3.19. The van der Waals surface area contributed by atoms with Crippen molar-refractivity contribution in [2.24, 2.45) is 7.05 Å². The van der Waals surface area contributed by atoms with Gasteiger partial charge in [0.2, 0.25) is 0 Å². The molecule has 2 amide bonds. The first-order chi connectivity index (χ1) is 14.3. The largest absolute Gasteiger partial charge is 0.492 e. The number of ether oxygens (including phenoxy) is 1. The van der Waals surface area contributed by atoms with Gasteiger partial charge in [0.25, 0.3) is 0 Å². The van der Waals surface area contributed by atoms with E-state index >= 15 is 0 Å². The molecule has 3 aromatic rings. The molecular formula is C21H23Cl2N5O2. The van der Waals surface area contributed by atoms with Crippen molar-refractivity contribution in [3.8, 4) is 17.0 Å². The van der Waals surface area contributed by atoms with Crippen molar-refractivity contribution in [3.05, 3.63) is 58.7 Å². The molecule has 0 saturated heterocycles. The number of likely N-dealkylation sites (N-methyl/N-ethyl adjacent to an activating group) is 1. The number of carbonyl (C=O) groups is 1. The van der Waals surface area contributed by atoms with Crippen LogP contribution >= 0.6 is 23.2 Å². The second kappa shape index (κ2) is 9.84. The Hall–Kier alpha value is -2.74. The smallest absolute Gasteiger partial charge is 0.323 e. The molecule has 0 radical (unpaired) electrons. The summed E-state index contributed by atoms with van der Waals surface area (Å²) in [6, 6.07) is 11.9. The summed E-state index contributed by atoms with van der Waals surface area (Å²) in [4.78, 5) is 14.4. The molecule has 3 rings (SSSR count). The lowest BCUT2D eigenvalue weighted by atomic mass is 10.1. The highest BCUT2D eigenvalue weighted by Gasteiger charge is 2.16. The zero-order valence-corrected chi connectivity index (χ0v) is 18.5. The molecule has 0 aliphatic heterocycles. The van der Waals surface area contributed by atoms with Crippen LogP contribution in [-0.4, -0.2) is 48.0 Å². The van der Waals surface area contributed by atoms with Crippen molar-refractivity contribution in [1.29, 1.82) is 0 Å². The summed E-state index contributed by atoms with van der Waals surface area (Å²) in [7, 11) is 5.77. The quantitative estimate of drug-likeness (QED) is 0.535. The van der Waals surface area contributed by atoms with Gasteiger partial charge in [-0.1, -0.05) is 23.2 Å². The molecule has 0 fully saturated rings. The summed E-state index contributed by atoms with van der Waals surface area (Å²) in [5, 5.41) is 10.9. The van der Waals surface area contributed by atoms with Crippen molar-refractivity contribution in [3.63, 3.8) is 0 Å². The molecule has 30 heavy (non-hydrogen) atoms. The van der Waals surface area contributed by atoms with Crippen molar-refractivity contribution >= 4 is 40.6 Å². The van der Waals surface area contributed by atoms with Crippen LogP contribution in [0.25, 0.3) is 11.3 Å². The van der Waals surface area contributed by atoms with Gasteiger partial charge >= 0.3 is 6.03 Å². The third-order valence-electron chi connectivity index (χ3n) is 4.28. The van der Waals surface area contributed by atoms with Crippen molar-refractivity contribution in [2.75, 3.05) is 37.9 Å². The Balaban J connectivity index is 1.82. The van der Waals surface area contributed by atoms with Gasteiger partial charge in [-0.05, 0) is 56.6 Å². The predicted octanol–water partition coefficient (Wildman–Crippen LogP) is 4.98. The molecule has 0 saturated carbocycles. The second-order valence-electron chi connectivity index (χ2n) is 6.91. The maximum atomic E-state index is 12.4. The Morgan fingerprint density at radius 2 is 1.77 bits per heavy atom. The van der Waals surface area contributed by atoms with E-state index in [1.807, 2.05) is 31.1 Å². The first-order valence-corrected chi connectivity index (χ1v) is 10.0. The Morgan fingerprint density at radius 3 is 2.40 bits per heavy atom. The fourth-order valence-electron chi connectivity index (χ4n) is 2.80. The molecule has 0 aliphatic rings. The first-order valence-electron chi connectivity index (χ1n) is 9.26. The molecule has 0 spiro atoms. The number of urea groups is 1. The number of aryl methyl sites for hydroxylation is 1. The number of nitrogens with one attached hydrogen (secondary N) is 2. The standard InChI is InChI=1S/C21H23Cl2N5O2/c1-27(2)10-11-30-19-9-8-16(12-17(19)20-18(23)13-24-28(20)3)26-21(29)25-15-6-4-14(22)5-7-15/h4-9,12-13H,10-11H2,1-3H3,(H2,25,26,29). The molecule has 2 N–H and O–H groups in total. The van der Waals surface area contributed by atoms with Gasteiger partial charge in [0, 0.05) is 35.6 Å². The minimum Gasteiger partial charge on any atom is -0.492 e. The van der Waals surface area contributed by atoms with Gasteiger partial charge in [-0.3, -0.25) is 4.68 Å². The number of hydrogen-bond acceptors (Lipinski definition) is 4. The van der Waals surface area contributed by atoms with Crippen LogP contribution in [0.4, 0.5) is 16.2 Å². The molecular weight excluding hydrogens is 425 g/mol. The third-order valence-corrected chi connectivity index (χ3v) is 4.81. The molecule has 158 valence electrons. The van der Waals surface area contributed by atoms with E-state index in [1.165, 1.54) is 0 Å². The molecule has 0 unspecified atom stereocenters. The van der Waals surface area contributed by atoms with E-state index in [2.05, 4.69) is 15.7 Å². The van der Waals surface area contributed by atoms with Crippen molar-refractivity contribution < 1.29 is 9.53 Å². The van der Waals surface area contributed by atoms with E-state index in [1.54, 1.807) is 48.3 Å². The van der Waals surface area contributed by atoms with Gasteiger partial charge in [-0.2, -0.15) is 5.10 Å². The lowest BCUT2D eigenvalue weighted by Gasteiger charge is -2.16. The second-order valence-corrected chi connectivity index (χ2v) is 7.76. The summed E-state index contributed by atoms with van der Waals surface area (Å²) in [6.45, 7) is 1.28. The maximum absolute atomic E-state index is 12.4. The summed E-state index contributed by atoms with van der Waals surface area (Å²) >= 11 is 12.2. The van der Waals surface area contributed by atoms with Gasteiger partial charge in [-0.25, -0.2) is 4.79 Å². The SMILES string of the molecule is CN(C)CCOc1ccc(NC(=O)Nc2ccc(Cl)cc2)cc1-c1c(Cl)cnn1C. The van der Waals surface area contributed by atoms with E-state index in [9.17, 15) is 4.79 Å². The Morgan fingerprint density at radius 1 is 1.10 bits per heavy atom. The van der Waals surface area contributed by atoms with E-state index in [0.717, 1.165) is 12.1 Å². The molecule has 2 aromatic carbocycles. The Labute approximate surface area is 185 Å². The lowest BCUT2D eigenvalue weighted by molar-refractivity contribution is 0.261. The maximum Gasteiger partial charge on any atom is 0.323 e. The van der Waals surface area contributed by atoms with Gasteiger partial charge in [0.15, 0.2) is 0 Å². The van der Waals surface area contributed by atoms with Crippen LogP contribution in [-0.2, 0) is 7.05 Å². The number of carbonyl (C=O) groups excluding carboxylic acids is 1. The van der Waals surface area contributed by atoms with Gasteiger partial charge in [0.1, 0.15) is 12.4 Å². The number of nitrogens with zero attached hydrogens (tertiary/aromatic N) is 3. The molecule has 1 aromatic heterocycles. The van der Waals surface area contributed by atoms with Gasteiger partial charge in [0.05, 0.1) is 16.9 Å². The van der Waals surface area contributed by atoms with Crippen LogP contribution in [0.2, 0.25) is 10.0 Å². The topological polar surface area (TPSA) is 71.4 Å². The highest BCUT2D eigenvalue weighted by atomic mass is 35.5. The highest BCUT2D eigenvalue weighted by Crippen LogP contribution is 2.36. The van der Waals surface area contributed by atoms with Crippen molar-refractivity contribution in [1.82, 2.24) is 14.7 Å². The van der Waals surface area contributed by atoms with Gasteiger partial charge in [-0.15, -0.1) is 0 Å². The minimum absolute atomic E-state index is 0.374. The average Bonchev–Trinajstić information content (AvgIpc) is 3.02. The number of aromatic nitrogens is 2. The summed E-state index contributed by atoms with van der Waals surface area (Å²) < 4.78 is 7.64. The van der Waals surface area contributed by atoms with Gasteiger partial charge < -0.3 is 20.3 Å². The highest BCUT2D eigenvalue weighted by molar-refractivity contribution is 6.33. The number of rotatable bonds is 7. The number of halogens is 2. The Bertz CT molecular complexity index is 999. The Kier molecular flexibility index (Phi) is 7.20. The summed E-state index contributed by atoms with van der Waals surface area (Å²) in [5.74, 6) is 0.658. The number of anilines is 2. The summed E-state index contributed by atoms with van der Waals surface area (Å²) in [5.41, 5.74) is 2.67. The van der Waals surface area contributed by atoms with Crippen molar-refractivity contribution in [2.45, 2.75) is 0 Å². The molecule has 1 heterocycles. The number of benzene rings is 2. The van der Waals surface area contributed by atoms with E-state index in [0.29, 0.717) is 39.5 Å². The van der Waals surface area contributed by atoms with Crippen LogP contribution < -0.4 is 15.4 Å². The molecule has 7 nitrogen and oxygen atoms in total. The normalized spacial score (nSPS) is 10.9. The zero-order valence-electron chi connectivity index (χ0n) is 16.9. The van der Waals surface area contributed by atoms with Crippen LogP contribution in [0.3, 0.4) is 0 Å². The molecule has 9 heteroatoms. The fraction of sp³-hybridized carbons (Fsp3) is 0.238. The molecule has 0 bridgehead atoms.